The van der Waals surface area contributed by atoms with Crippen LogP contribution in [0.25, 0.3) is 0 Å². The number of carbonyl (C=O) groups is 3. The van der Waals surface area contributed by atoms with Crippen LogP contribution in [-0.2, 0) is 9.59 Å². The van der Waals surface area contributed by atoms with Gasteiger partial charge in [-0.05, 0) is 12.1 Å². The predicted molar refractivity (Wildman–Crippen MR) is 64.7 cm³/mol. The number of nitrogens with zero attached hydrogens (tertiary/aromatic N) is 1. The first-order chi connectivity index (χ1) is 8.56. The summed E-state index contributed by atoms with van der Waals surface area (Å²) < 4.78 is 0. The second-order valence-corrected chi connectivity index (χ2v) is 4.60. The molecule has 2 amide bonds. The summed E-state index contributed by atoms with van der Waals surface area (Å²) in [6.45, 7) is 0. The van der Waals surface area contributed by atoms with Crippen LogP contribution < -0.4 is 10.7 Å². The van der Waals surface area contributed by atoms with Gasteiger partial charge in [0.05, 0.1) is 5.00 Å². The molecule has 0 aliphatic carbocycles. The molecule has 1 aromatic heterocycles. The number of rotatable bonds is 3. The highest BCUT2D eigenvalue weighted by Crippen LogP contribution is 2.21. The molecule has 94 valence electrons. The molecule has 0 aromatic carbocycles. The van der Waals surface area contributed by atoms with Gasteiger partial charge in [-0.3, -0.25) is 9.59 Å². The number of amides is 2. The van der Waals surface area contributed by atoms with Crippen molar-refractivity contribution >= 4 is 39.8 Å². The van der Waals surface area contributed by atoms with Gasteiger partial charge in [0.1, 0.15) is 10.6 Å². The zero-order valence-corrected chi connectivity index (χ0v) is 9.91. The minimum atomic E-state index is -1.04. The van der Waals surface area contributed by atoms with E-state index in [1.807, 2.05) is 0 Å². The lowest BCUT2D eigenvalue weighted by atomic mass is 10.2. The summed E-state index contributed by atoms with van der Waals surface area (Å²) in [7, 11) is 0. The van der Waals surface area contributed by atoms with Gasteiger partial charge >= 0.3 is 5.97 Å². The summed E-state index contributed by atoms with van der Waals surface area (Å²) in [5, 5.41) is 15.3. The standard InChI is InChI=1S/C10H9N3O4S/c14-7-3-1-5(12-13-7)9(15)11-8-4-2-6(18-8)10(16)17/h2,4H,1,3H2,(H,11,15)(H,13,14)(H,16,17). The number of aromatic carboxylic acids is 1. The Labute approximate surface area is 105 Å². The van der Waals surface area contributed by atoms with E-state index in [9.17, 15) is 14.4 Å². The number of hydrazone groups is 1. The quantitative estimate of drug-likeness (QED) is 0.747. The molecule has 1 aliphatic heterocycles. The first-order valence-corrected chi connectivity index (χ1v) is 5.88. The minimum Gasteiger partial charge on any atom is -0.477 e. The molecule has 0 saturated carbocycles. The normalized spacial score (nSPS) is 14.7. The van der Waals surface area contributed by atoms with Gasteiger partial charge in [0.25, 0.3) is 5.91 Å². The summed E-state index contributed by atoms with van der Waals surface area (Å²) in [5.74, 6) is -1.70. The Morgan fingerprint density at radius 1 is 1.39 bits per heavy atom. The first-order valence-electron chi connectivity index (χ1n) is 5.06. The third-order valence-corrected chi connectivity index (χ3v) is 3.21. The summed E-state index contributed by atoms with van der Waals surface area (Å²) in [5.41, 5.74) is 2.44. The fourth-order valence-electron chi connectivity index (χ4n) is 1.34. The number of carbonyl (C=O) groups excluding carboxylic acids is 2. The Kier molecular flexibility index (Phi) is 3.38. The van der Waals surface area contributed by atoms with Crippen LogP contribution in [0.4, 0.5) is 5.00 Å². The third kappa shape index (κ3) is 2.72. The van der Waals surface area contributed by atoms with Gasteiger partial charge in [0.2, 0.25) is 5.91 Å². The van der Waals surface area contributed by atoms with Gasteiger partial charge in [-0.1, -0.05) is 0 Å². The van der Waals surface area contributed by atoms with Crippen LogP contribution in [0.2, 0.25) is 0 Å². The summed E-state index contributed by atoms with van der Waals surface area (Å²) in [6.07, 6.45) is 0.492. The molecule has 0 bridgehead atoms. The van der Waals surface area contributed by atoms with Crippen LogP contribution in [0.1, 0.15) is 22.5 Å². The predicted octanol–water partition coefficient (Wildman–Crippen LogP) is 0.651. The molecule has 2 rings (SSSR count). The number of carboxylic acids is 1. The number of carboxylic acid groups (broad SMARTS) is 1. The van der Waals surface area contributed by atoms with Crippen molar-refractivity contribution in [3.63, 3.8) is 0 Å². The number of anilines is 1. The minimum absolute atomic E-state index is 0.143. The maximum Gasteiger partial charge on any atom is 0.345 e. The maximum atomic E-state index is 11.7. The van der Waals surface area contributed by atoms with Crippen LogP contribution >= 0.6 is 11.3 Å². The van der Waals surface area contributed by atoms with Crippen molar-refractivity contribution in [2.75, 3.05) is 5.32 Å². The largest absolute Gasteiger partial charge is 0.477 e. The molecule has 1 aromatic rings. The molecule has 7 nitrogen and oxygen atoms in total. The molecule has 1 aliphatic rings. The first kappa shape index (κ1) is 12.2. The molecule has 3 N–H and O–H groups in total. The number of nitrogens with one attached hydrogen (secondary N) is 2. The molecule has 0 atom stereocenters. The molecule has 0 spiro atoms. The summed E-state index contributed by atoms with van der Waals surface area (Å²) in [6, 6.07) is 2.92. The highest BCUT2D eigenvalue weighted by atomic mass is 32.1. The molecular weight excluding hydrogens is 258 g/mol. The lowest BCUT2D eigenvalue weighted by molar-refractivity contribution is -0.121. The highest BCUT2D eigenvalue weighted by Gasteiger charge is 2.19. The second-order valence-electron chi connectivity index (χ2n) is 3.52. The van der Waals surface area contributed by atoms with Gasteiger partial charge in [-0.25, -0.2) is 10.2 Å². The monoisotopic (exact) mass is 267 g/mol. The Bertz CT molecular complexity index is 549. The van der Waals surface area contributed by atoms with E-state index in [4.69, 9.17) is 5.11 Å². The zero-order chi connectivity index (χ0) is 13.1. The van der Waals surface area contributed by atoms with Crippen LogP contribution in [-0.4, -0.2) is 28.6 Å². The molecular formula is C10H9N3O4S. The maximum absolute atomic E-state index is 11.7. The fourth-order valence-corrected chi connectivity index (χ4v) is 2.08. The van der Waals surface area contributed by atoms with E-state index in [-0.39, 0.29) is 29.3 Å². The highest BCUT2D eigenvalue weighted by molar-refractivity contribution is 7.18. The Balaban J connectivity index is 2.02. The molecule has 0 saturated heterocycles. The topological polar surface area (TPSA) is 108 Å². The van der Waals surface area contributed by atoms with Crippen molar-refractivity contribution in [3.05, 3.63) is 17.0 Å². The zero-order valence-electron chi connectivity index (χ0n) is 9.10. The van der Waals surface area contributed by atoms with E-state index in [0.29, 0.717) is 5.00 Å². The van der Waals surface area contributed by atoms with Gasteiger partial charge in [-0.2, -0.15) is 5.10 Å². The van der Waals surface area contributed by atoms with Crippen LogP contribution in [0.15, 0.2) is 17.2 Å². The van der Waals surface area contributed by atoms with E-state index in [1.54, 1.807) is 0 Å². The van der Waals surface area contributed by atoms with Gasteiger partial charge in [-0.15, -0.1) is 11.3 Å². The van der Waals surface area contributed by atoms with Crippen molar-refractivity contribution in [3.8, 4) is 0 Å². The fraction of sp³-hybridized carbons (Fsp3) is 0.200. The Morgan fingerprint density at radius 2 is 2.17 bits per heavy atom. The van der Waals surface area contributed by atoms with E-state index >= 15 is 0 Å². The molecule has 0 radical (unpaired) electrons. The van der Waals surface area contributed by atoms with Crippen LogP contribution in [0.5, 0.6) is 0 Å². The lowest BCUT2D eigenvalue weighted by Gasteiger charge is -2.10. The molecule has 18 heavy (non-hydrogen) atoms. The van der Waals surface area contributed by atoms with Crippen molar-refractivity contribution in [2.45, 2.75) is 12.8 Å². The Morgan fingerprint density at radius 3 is 2.72 bits per heavy atom. The molecule has 0 unspecified atom stereocenters. The van der Waals surface area contributed by atoms with Gasteiger partial charge in [0, 0.05) is 12.8 Å². The average Bonchev–Trinajstić information content (AvgIpc) is 2.78. The second kappa shape index (κ2) is 4.96. The lowest BCUT2D eigenvalue weighted by Crippen LogP contribution is -2.32. The van der Waals surface area contributed by atoms with Crippen molar-refractivity contribution < 1.29 is 19.5 Å². The van der Waals surface area contributed by atoms with E-state index in [1.165, 1.54) is 12.1 Å². The van der Waals surface area contributed by atoms with E-state index in [2.05, 4.69) is 15.8 Å². The molecule has 0 fully saturated rings. The number of hydrogen-bond donors (Lipinski definition) is 3. The molecule has 8 heteroatoms. The van der Waals surface area contributed by atoms with Crippen molar-refractivity contribution in [2.24, 2.45) is 5.10 Å². The van der Waals surface area contributed by atoms with Crippen LogP contribution in [0, 0.1) is 0 Å². The van der Waals surface area contributed by atoms with E-state index < -0.39 is 11.9 Å². The van der Waals surface area contributed by atoms with Crippen molar-refractivity contribution in [1.29, 1.82) is 0 Å². The molecule has 2 heterocycles. The summed E-state index contributed by atoms with van der Waals surface area (Å²) >= 11 is 0.960. The van der Waals surface area contributed by atoms with E-state index in [0.717, 1.165) is 11.3 Å². The Hall–Kier alpha value is -2.22. The average molecular weight is 267 g/mol. The van der Waals surface area contributed by atoms with Gasteiger partial charge < -0.3 is 10.4 Å². The number of thiophene rings is 1. The SMILES string of the molecule is O=C1CCC(C(=O)Nc2ccc(C(=O)O)s2)=NN1. The smallest absolute Gasteiger partial charge is 0.345 e. The summed E-state index contributed by atoms with van der Waals surface area (Å²) in [4.78, 5) is 33.4. The third-order valence-electron chi connectivity index (χ3n) is 2.22. The van der Waals surface area contributed by atoms with Crippen molar-refractivity contribution in [1.82, 2.24) is 5.43 Å². The van der Waals surface area contributed by atoms with Gasteiger partial charge in [0.15, 0.2) is 0 Å². The number of hydrogen-bond acceptors (Lipinski definition) is 5. The van der Waals surface area contributed by atoms with Crippen LogP contribution in [0.3, 0.4) is 0 Å².